The Morgan fingerprint density at radius 3 is 2.50 bits per heavy atom. The highest BCUT2D eigenvalue weighted by molar-refractivity contribution is 5.90. The summed E-state index contributed by atoms with van der Waals surface area (Å²) >= 11 is 0. The average Bonchev–Trinajstić information content (AvgIpc) is 3.22. The standard InChI is InChI=1S/C28H38O8/c1-13-10-20(36-23(31)14(13)2)26(5,32)27(33)9-7-16-15-11-21-28(34)22(30)18(35-21)12-19(29)25(28,4)17(15)6-8-24(16,27)3/h7,15,17-18,20-22,30,32-34H,6,8-12H2,1-5H3/t15-,17-,18+,20+,21-,22-,24-,25-,26?,27-,28-/m0/s1. The van der Waals surface area contributed by atoms with E-state index in [0.29, 0.717) is 31.3 Å². The molecule has 4 fully saturated rings. The summed E-state index contributed by atoms with van der Waals surface area (Å²) in [4.78, 5) is 25.9. The highest BCUT2D eigenvalue weighted by Gasteiger charge is 2.78. The fourth-order valence-corrected chi connectivity index (χ4v) is 9.16. The van der Waals surface area contributed by atoms with Crippen LogP contribution in [-0.2, 0) is 19.1 Å². The highest BCUT2D eigenvalue weighted by Crippen LogP contribution is 2.70. The molecular formula is C28H38O8. The first-order valence-electron chi connectivity index (χ1n) is 13.3. The minimum atomic E-state index is -1.72. The third kappa shape index (κ3) is 2.49. The fraction of sp³-hybridized carbons (Fsp3) is 0.786. The van der Waals surface area contributed by atoms with E-state index in [0.717, 1.165) is 11.1 Å². The number of carbonyl (C=O) groups is 2. The Balaban J connectivity index is 1.37. The molecule has 0 amide bonds. The molecule has 0 spiro atoms. The second kappa shape index (κ2) is 7.08. The molecule has 2 aliphatic heterocycles. The number of ether oxygens (including phenoxy) is 2. The van der Waals surface area contributed by atoms with Crippen molar-refractivity contribution in [3.05, 3.63) is 22.8 Å². The molecule has 36 heavy (non-hydrogen) atoms. The van der Waals surface area contributed by atoms with Crippen LogP contribution in [0.4, 0.5) is 0 Å². The molecule has 4 N–H and O–H groups in total. The first kappa shape index (κ1) is 24.7. The van der Waals surface area contributed by atoms with E-state index in [-0.39, 0.29) is 30.5 Å². The smallest absolute Gasteiger partial charge is 0.334 e. The van der Waals surface area contributed by atoms with Crippen molar-refractivity contribution < 1.29 is 39.5 Å². The summed E-state index contributed by atoms with van der Waals surface area (Å²) in [6.07, 6.45) is 0.737. The van der Waals surface area contributed by atoms with Gasteiger partial charge in [0, 0.05) is 23.8 Å². The number of ketones is 1. The van der Waals surface area contributed by atoms with Crippen LogP contribution in [-0.4, -0.2) is 73.4 Å². The average molecular weight is 503 g/mol. The number of rotatable bonds is 2. The number of hydrogen-bond acceptors (Lipinski definition) is 8. The summed E-state index contributed by atoms with van der Waals surface area (Å²) < 4.78 is 11.7. The number of aliphatic hydroxyl groups is 4. The molecule has 6 aliphatic rings. The molecule has 0 radical (unpaired) electrons. The Morgan fingerprint density at radius 2 is 1.83 bits per heavy atom. The minimum absolute atomic E-state index is 0.0753. The predicted octanol–water partition coefficient (Wildman–Crippen LogP) is 1.73. The normalized spacial score (nSPS) is 53.4. The van der Waals surface area contributed by atoms with Gasteiger partial charge in [0.15, 0.2) is 0 Å². The minimum Gasteiger partial charge on any atom is -0.455 e. The number of carbonyl (C=O) groups excluding carboxylic acids is 2. The Kier molecular flexibility index (Phi) is 4.87. The van der Waals surface area contributed by atoms with Gasteiger partial charge >= 0.3 is 5.97 Å². The lowest BCUT2D eigenvalue weighted by atomic mass is 9.42. The maximum absolute atomic E-state index is 13.4. The topological polar surface area (TPSA) is 134 Å². The molecule has 0 aromatic rings. The molecule has 8 heteroatoms. The van der Waals surface area contributed by atoms with Crippen molar-refractivity contribution in [2.75, 3.05) is 0 Å². The van der Waals surface area contributed by atoms with Gasteiger partial charge in [-0.15, -0.1) is 0 Å². The zero-order valence-electron chi connectivity index (χ0n) is 21.7. The maximum atomic E-state index is 13.4. The van der Waals surface area contributed by atoms with Gasteiger partial charge in [-0.05, 0) is 65.2 Å². The van der Waals surface area contributed by atoms with Gasteiger partial charge in [0.2, 0.25) is 0 Å². The maximum Gasteiger partial charge on any atom is 0.334 e. The van der Waals surface area contributed by atoms with Crippen LogP contribution in [0.25, 0.3) is 0 Å². The quantitative estimate of drug-likeness (QED) is 0.331. The Morgan fingerprint density at radius 1 is 1.14 bits per heavy atom. The van der Waals surface area contributed by atoms with Crippen molar-refractivity contribution >= 4 is 11.8 Å². The molecule has 8 nitrogen and oxygen atoms in total. The number of Topliss-reactive ketones (excluding diaryl/α,β-unsaturated/α-hetero) is 1. The number of aliphatic hydroxyl groups excluding tert-OH is 1. The molecule has 0 aromatic heterocycles. The van der Waals surface area contributed by atoms with Crippen molar-refractivity contribution in [1.29, 1.82) is 0 Å². The fourth-order valence-electron chi connectivity index (χ4n) is 9.16. The SMILES string of the molecule is CC1=C(C)C(=O)O[C@@H](C(C)(O)[C@]2(O)CC=C3[C@@H]4C[C@@H]5O[C@@H]6CC(=O)[C@](C)([C@H]4CC[C@@]32C)[C@@]5(O)[C@H]6O)C1. The van der Waals surface area contributed by atoms with Gasteiger partial charge < -0.3 is 29.9 Å². The predicted molar refractivity (Wildman–Crippen MR) is 127 cm³/mol. The molecule has 2 heterocycles. The second-order valence-corrected chi connectivity index (χ2v) is 13.0. The van der Waals surface area contributed by atoms with E-state index in [4.69, 9.17) is 9.47 Å². The second-order valence-electron chi connectivity index (χ2n) is 13.0. The van der Waals surface area contributed by atoms with E-state index in [1.54, 1.807) is 20.8 Å². The number of cyclic esters (lactones) is 1. The molecule has 1 unspecified atom stereocenters. The van der Waals surface area contributed by atoms with Crippen LogP contribution >= 0.6 is 0 Å². The zero-order valence-corrected chi connectivity index (χ0v) is 21.7. The van der Waals surface area contributed by atoms with Crippen LogP contribution in [0.15, 0.2) is 22.8 Å². The van der Waals surface area contributed by atoms with Crippen LogP contribution in [0.3, 0.4) is 0 Å². The van der Waals surface area contributed by atoms with Crippen molar-refractivity contribution in [2.24, 2.45) is 22.7 Å². The summed E-state index contributed by atoms with van der Waals surface area (Å²) in [5.41, 5.74) is -4.58. The molecule has 11 atom stereocenters. The lowest BCUT2D eigenvalue weighted by Crippen LogP contribution is -2.73. The third-order valence-electron chi connectivity index (χ3n) is 11.8. The summed E-state index contributed by atoms with van der Waals surface area (Å²) in [5, 5.41) is 46.9. The van der Waals surface area contributed by atoms with Crippen molar-refractivity contribution in [3.63, 3.8) is 0 Å². The van der Waals surface area contributed by atoms with Gasteiger partial charge in [0.25, 0.3) is 0 Å². The van der Waals surface area contributed by atoms with E-state index < -0.39 is 58.0 Å². The van der Waals surface area contributed by atoms with Gasteiger partial charge in [0.1, 0.15) is 34.8 Å². The van der Waals surface area contributed by atoms with Gasteiger partial charge in [-0.2, -0.15) is 0 Å². The van der Waals surface area contributed by atoms with Gasteiger partial charge in [-0.25, -0.2) is 4.79 Å². The van der Waals surface area contributed by atoms with E-state index in [1.165, 1.54) is 0 Å². The Bertz CT molecular complexity index is 1120. The van der Waals surface area contributed by atoms with Crippen LogP contribution in [0.2, 0.25) is 0 Å². The van der Waals surface area contributed by atoms with Crippen molar-refractivity contribution in [2.45, 2.75) is 114 Å². The lowest BCUT2D eigenvalue weighted by Gasteiger charge is -2.63. The van der Waals surface area contributed by atoms with Crippen LogP contribution in [0.1, 0.15) is 73.1 Å². The van der Waals surface area contributed by atoms with E-state index in [2.05, 4.69) is 0 Å². The molecule has 4 aliphatic carbocycles. The zero-order chi connectivity index (χ0) is 26.2. The molecule has 3 saturated carbocycles. The number of fused-ring (bicyclic) bond motifs is 5. The van der Waals surface area contributed by atoms with Crippen LogP contribution in [0.5, 0.6) is 0 Å². The molecular weight excluding hydrogens is 464 g/mol. The Hall–Kier alpha value is -1.58. The first-order chi connectivity index (χ1) is 16.6. The van der Waals surface area contributed by atoms with Crippen LogP contribution in [0, 0.1) is 22.7 Å². The third-order valence-corrected chi connectivity index (χ3v) is 11.8. The molecule has 6 rings (SSSR count). The monoisotopic (exact) mass is 502 g/mol. The number of hydrogen-bond donors (Lipinski definition) is 4. The van der Waals surface area contributed by atoms with Gasteiger partial charge in [-0.3, -0.25) is 4.79 Å². The summed E-state index contributed by atoms with van der Waals surface area (Å²) in [6.45, 7) is 8.86. The number of esters is 1. The van der Waals surface area contributed by atoms with Crippen molar-refractivity contribution in [1.82, 2.24) is 0 Å². The molecule has 2 bridgehead atoms. The molecule has 1 saturated heterocycles. The van der Waals surface area contributed by atoms with Crippen LogP contribution < -0.4 is 0 Å². The van der Waals surface area contributed by atoms with Gasteiger partial charge in [0.05, 0.1) is 17.6 Å². The summed E-state index contributed by atoms with van der Waals surface area (Å²) in [5.74, 6) is -0.905. The lowest BCUT2D eigenvalue weighted by molar-refractivity contribution is -0.248. The van der Waals surface area contributed by atoms with E-state index in [1.807, 2.05) is 19.9 Å². The van der Waals surface area contributed by atoms with Crippen molar-refractivity contribution in [3.8, 4) is 0 Å². The van der Waals surface area contributed by atoms with E-state index >= 15 is 0 Å². The molecule has 0 aromatic carbocycles. The largest absolute Gasteiger partial charge is 0.455 e. The summed E-state index contributed by atoms with van der Waals surface area (Å²) in [7, 11) is 0. The van der Waals surface area contributed by atoms with Gasteiger partial charge in [-0.1, -0.05) is 24.1 Å². The summed E-state index contributed by atoms with van der Waals surface area (Å²) in [6, 6.07) is 0. The molecule has 198 valence electrons. The highest BCUT2D eigenvalue weighted by atomic mass is 16.6. The first-order valence-corrected chi connectivity index (χ1v) is 13.3. The Labute approximate surface area is 211 Å². The van der Waals surface area contributed by atoms with E-state index in [9.17, 15) is 30.0 Å².